The molecule has 0 aliphatic heterocycles. The van der Waals surface area contributed by atoms with Crippen LogP contribution in [0, 0.1) is 11.6 Å². The molecular formula is C25H26ClF2N5O5S. The van der Waals surface area contributed by atoms with E-state index in [1.807, 2.05) is 0 Å². The van der Waals surface area contributed by atoms with E-state index >= 15 is 0 Å². The van der Waals surface area contributed by atoms with E-state index in [1.54, 1.807) is 24.3 Å². The molecule has 2 amide bonds. The largest absolute Gasteiger partial charge is 0.469 e. The number of esters is 1. The van der Waals surface area contributed by atoms with Crippen LogP contribution in [-0.2, 0) is 25.6 Å². The first kappa shape index (κ1) is 29.9. The van der Waals surface area contributed by atoms with Crippen molar-refractivity contribution >= 4 is 46.0 Å². The van der Waals surface area contributed by atoms with Gasteiger partial charge in [0, 0.05) is 36.0 Å². The first-order valence-electron chi connectivity index (χ1n) is 11.7. The number of methoxy groups -OCH3 is 1. The average molecular weight is 582 g/mol. The first-order valence-corrected chi connectivity index (χ1v) is 12.9. The minimum atomic E-state index is -1.04. The van der Waals surface area contributed by atoms with Crippen molar-refractivity contribution in [1.29, 1.82) is 0 Å². The maximum absolute atomic E-state index is 14.1. The van der Waals surface area contributed by atoms with Crippen LogP contribution in [0.15, 0.2) is 42.5 Å². The van der Waals surface area contributed by atoms with Crippen molar-refractivity contribution in [3.8, 4) is 10.6 Å². The minimum absolute atomic E-state index is 0.000911. The van der Waals surface area contributed by atoms with E-state index < -0.39 is 35.6 Å². The topological polar surface area (TPSA) is 123 Å². The second kappa shape index (κ2) is 14.5. The highest BCUT2D eigenvalue weighted by Gasteiger charge is 2.24. The Morgan fingerprint density at radius 3 is 2.56 bits per heavy atom. The number of hydrogen-bond donors (Lipinski definition) is 2. The smallest absolute Gasteiger partial charge is 0.413 e. The molecule has 0 saturated carbocycles. The van der Waals surface area contributed by atoms with Crippen molar-refractivity contribution in [2.24, 2.45) is 0 Å². The minimum Gasteiger partial charge on any atom is -0.469 e. The molecule has 3 rings (SSSR count). The van der Waals surface area contributed by atoms with Crippen LogP contribution in [0.3, 0.4) is 0 Å². The molecule has 2 N–H and O–H groups in total. The molecule has 0 aliphatic carbocycles. The fourth-order valence-corrected chi connectivity index (χ4v) is 4.36. The molecule has 2 aromatic carbocycles. The summed E-state index contributed by atoms with van der Waals surface area (Å²) in [7, 11) is 1.26. The summed E-state index contributed by atoms with van der Waals surface area (Å²) in [5.41, 5.74) is 3.54. The number of aromatic nitrogens is 2. The van der Waals surface area contributed by atoms with Crippen LogP contribution < -0.4 is 10.7 Å². The van der Waals surface area contributed by atoms with Crippen LogP contribution in [0.4, 0.5) is 18.7 Å². The SMILES string of the molecule is COC(=O)CCC[C@@H](COC(=O)Nc1nnc(-c2ccc(Cl)cc2)s1)N(NCc1cccc(F)c1F)C(C)=O. The quantitative estimate of drug-likeness (QED) is 0.227. The number of amides is 2. The van der Waals surface area contributed by atoms with Gasteiger partial charge in [0.1, 0.15) is 11.6 Å². The Balaban J connectivity index is 1.65. The van der Waals surface area contributed by atoms with Gasteiger partial charge in [0.2, 0.25) is 11.0 Å². The highest BCUT2D eigenvalue weighted by Crippen LogP contribution is 2.27. The highest BCUT2D eigenvalue weighted by molar-refractivity contribution is 7.18. The van der Waals surface area contributed by atoms with E-state index in [1.165, 1.54) is 31.2 Å². The van der Waals surface area contributed by atoms with E-state index in [2.05, 4.69) is 25.7 Å². The molecule has 0 fully saturated rings. The average Bonchev–Trinajstić information content (AvgIpc) is 3.37. The lowest BCUT2D eigenvalue weighted by Crippen LogP contribution is -2.50. The summed E-state index contributed by atoms with van der Waals surface area (Å²) in [4.78, 5) is 36.5. The molecule has 0 unspecified atom stereocenters. The van der Waals surface area contributed by atoms with Crippen molar-refractivity contribution in [1.82, 2.24) is 20.6 Å². The van der Waals surface area contributed by atoms with E-state index in [4.69, 9.17) is 16.3 Å². The monoisotopic (exact) mass is 581 g/mol. The standard InChI is InChI=1S/C25H26ClF2N5O5S/c1-15(34)33(29-13-17-5-3-7-20(27)22(17)28)19(6-4-8-21(35)37-2)14-38-25(36)30-24-32-31-23(39-24)16-9-11-18(26)12-10-16/h3,5,7,9-12,19,29H,4,6,8,13-14H2,1-2H3,(H,30,32,36)/t19-/m0/s1. The van der Waals surface area contributed by atoms with Crippen LogP contribution in [-0.4, -0.2) is 52.9 Å². The van der Waals surface area contributed by atoms with Gasteiger partial charge in [-0.2, -0.15) is 0 Å². The van der Waals surface area contributed by atoms with Crippen LogP contribution in [0.2, 0.25) is 5.02 Å². The normalized spacial score (nSPS) is 11.5. The van der Waals surface area contributed by atoms with Gasteiger partial charge in [0.15, 0.2) is 11.6 Å². The Hall–Kier alpha value is -3.68. The zero-order valence-electron chi connectivity index (χ0n) is 21.1. The third-order valence-corrected chi connectivity index (χ3v) is 6.59. The van der Waals surface area contributed by atoms with E-state index in [0.29, 0.717) is 16.5 Å². The van der Waals surface area contributed by atoms with Gasteiger partial charge in [-0.15, -0.1) is 10.2 Å². The molecule has 3 aromatic rings. The number of nitrogens with zero attached hydrogens (tertiary/aromatic N) is 3. The van der Waals surface area contributed by atoms with Gasteiger partial charge >= 0.3 is 12.1 Å². The fourth-order valence-electron chi connectivity index (χ4n) is 3.50. The van der Waals surface area contributed by atoms with Gasteiger partial charge in [-0.05, 0) is 31.0 Å². The molecule has 10 nitrogen and oxygen atoms in total. The Morgan fingerprint density at radius 2 is 1.87 bits per heavy atom. The lowest BCUT2D eigenvalue weighted by Gasteiger charge is -2.31. The van der Waals surface area contributed by atoms with Gasteiger partial charge in [-0.3, -0.25) is 19.9 Å². The lowest BCUT2D eigenvalue weighted by molar-refractivity contribution is -0.140. The van der Waals surface area contributed by atoms with Crippen LogP contribution in [0.5, 0.6) is 0 Å². The molecule has 0 bridgehead atoms. The molecule has 0 aliphatic rings. The second-order valence-electron chi connectivity index (χ2n) is 8.20. The fraction of sp³-hybridized carbons (Fsp3) is 0.320. The molecule has 39 heavy (non-hydrogen) atoms. The molecule has 14 heteroatoms. The number of carbonyl (C=O) groups is 3. The van der Waals surface area contributed by atoms with Gasteiger partial charge in [-0.25, -0.2) is 19.0 Å². The summed E-state index contributed by atoms with van der Waals surface area (Å²) >= 11 is 7.03. The van der Waals surface area contributed by atoms with Crippen LogP contribution in [0.1, 0.15) is 31.7 Å². The van der Waals surface area contributed by atoms with E-state index in [0.717, 1.165) is 23.0 Å². The van der Waals surface area contributed by atoms with Crippen LogP contribution >= 0.6 is 22.9 Å². The maximum atomic E-state index is 14.1. The summed E-state index contributed by atoms with van der Waals surface area (Å²) < 4.78 is 37.7. The van der Waals surface area contributed by atoms with Crippen molar-refractivity contribution in [3.63, 3.8) is 0 Å². The maximum Gasteiger partial charge on any atom is 0.413 e. The molecule has 1 heterocycles. The molecule has 1 aromatic heterocycles. The summed E-state index contributed by atoms with van der Waals surface area (Å²) in [6.45, 7) is 0.789. The zero-order valence-corrected chi connectivity index (χ0v) is 22.7. The molecule has 208 valence electrons. The number of halogens is 3. The summed E-state index contributed by atoms with van der Waals surface area (Å²) in [6.07, 6.45) is -0.225. The van der Waals surface area contributed by atoms with Gasteiger partial charge in [0.05, 0.1) is 13.2 Å². The highest BCUT2D eigenvalue weighted by atomic mass is 35.5. The number of nitrogens with one attached hydrogen (secondary N) is 2. The second-order valence-corrected chi connectivity index (χ2v) is 9.62. The number of ether oxygens (including phenoxy) is 2. The predicted molar refractivity (Wildman–Crippen MR) is 141 cm³/mol. The predicted octanol–water partition coefficient (Wildman–Crippen LogP) is 4.95. The number of carbonyl (C=O) groups excluding carboxylic acids is 3. The van der Waals surface area contributed by atoms with Gasteiger partial charge in [-0.1, -0.05) is 47.2 Å². The Labute approximate surface area is 232 Å². The number of hydrogen-bond acceptors (Lipinski definition) is 9. The number of hydrazine groups is 1. The first-order chi connectivity index (χ1) is 18.7. The number of anilines is 1. The van der Waals surface area contributed by atoms with Gasteiger partial charge < -0.3 is 9.47 Å². The number of rotatable bonds is 12. The van der Waals surface area contributed by atoms with Crippen molar-refractivity contribution in [2.75, 3.05) is 19.0 Å². The summed E-state index contributed by atoms with van der Waals surface area (Å²) in [5.74, 6) is -2.96. The molecule has 0 spiro atoms. The summed E-state index contributed by atoms with van der Waals surface area (Å²) in [6, 6.07) is 9.91. The third kappa shape index (κ3) is 8.94. The third-order valence-electron chi connectivity index (χ3n) is 5.45. The van der Waals surface area contributed by atoms with Crippen LogP contribution in [0.25, 0.3) is 10.6 Å². The summed E-state index contributed by atoms with van der Waals surface area (Å²) in [5, 5.41) is 12.9. The molecular weight excluding hydrogens is 556 g/mol. The van der Waals surface area contributed by atoms with Gasteiger partial charge in [0.25, 0.3) is 0 Å². The Morgan fingerprint density at radius 1 is 1.13 bits per heavy atom. The van der Waals surface area contributed by atoms with Crippen molar-refractivity contribution in [3.05, 3.63) is 64.7 Å². The Kier molecular flexibility index (Phi) is 11.1. The molecule has 1 atom stereocenters. The number of benzene rings is 2. The van der Waals surface area contributed by atoms with Crippen molar-refractivity contribution < 1.29 is 32.6 Å². The van der Waals surface area contributed by atoms with E-state index in [-0.39, 0.29) is 36.7 Å². The van der Waals surface area contributed by atoms with Crippen molar-refractivity contribution in [2.45, 2.75) is 38.8 Å². The van der Waals surface area contributed by atoms with E-state index in [9.17, 15) is 23.2 Å². The zero-order chi connectivity index (χ0) is 28.4. The lowest BCUT2D eigenvalue weighted by atomic mass is 10.1. The molecule has 0 saturated heterocycles. The molecule has 0 radical (unpaired) electrons. The Bertz CT molecular complexity index is 1290.